The fraction of sp³-hybridized carbons (Fsp3) is 0.333. The maximum atomic E-state index is 15.1. The Labute approximate surface area is 299 Å². The minimum atomic E-state index is -4.07. The molecule has 2 aliphatic rings. The third-order valence-electron chi connectivity index (χ3n) is 8.58. The lowest BCUT2D eigenvalue weighted by Crippen LogP contribution is -2.42. The van der Waals surface area contributed by atoms with Crippen molar-refractivity contribution in [3.05, 3.63) is 101 Å². The van der Waals surface area contributed by atoms with Crippen LogP contribution < -0.4 is 16.4 Å². The minimum absolute atomic E-state index is 0.0218. The van der Waals surface area contributed by atoms with Crippen molar-refractivity contribution in [3.8, 4) is 11.1 Å². The SMILES string of the molecule is NC(=O)c1cc(-c2cnc(NCCn3ccnn3)nc2[C@H](Cc2cc(F)cc(F)c2)NC(=O)C[N+]2=NC(C(F)F)C3=C2C(F)(F)CCC3(F)F)ccc1F. The molecule has 2 aromatic heterocycles. The monoisotopic (exact) mass is 767 g/mol. The number of nitrogens with one attached hydrogen (secondary N) is 2. The number of hydrogen-bond acceptors (Lipinski definition) is 8. The number of rotatable bonds is 13. The van der Waals surface area contributed by atoms with Gasteiger partial charge in [0.15, 0.2) is 0 Å². The number of amides is 2. The van der Waals surface area contributed by atoms with Gasteiger partial charge in [0.25, 0.3) is 36.4 Å². The molecule has 2 aromatic carbocycles. The van der Waals surface area contributed by atoms with Gasteiger partial charge in [-0.15, -0.1) is 5.10 Å². The lowest BCUT2D eigenvalue weighted by Gasteiger charge is -2.27. The predicted octanol–water partition coefficient (Wildman–Crippen LogP) is 5.19. The molecule has 284 valence electrons. The van der Waals surface area contributed by atoms with Crippen LogP contribution in [0.25, 0.3) is 11.1 Å². The van der Waals surface area contributed by atoms with Crippen molar-refractivity contribution in [1.82, 2.24) is 30.3 Å². The van der Waals surface area contributed by atoms with Crippen LogP contribution in [0, 0.1) is 17.5 Å². The van der Waals surface area contributed by atoms with Gasteiger partial charge in [0.1, 0.15) is 23.0 Å². The van der Waals surface area contributed by atoms with Crippen LogP contribution in [0.5, 0.6) is 0 Å². The Morgan fingerprint density at radius 2 is 1.74 bits per heavy atom. The highest BCUT2D eigenvalue weighted by Gasteiger charge is 2.64. The van der Waals surface area contributed by atoms with Gasteiger partial charge in [-0.25, -0.2) is 40.7 Å². The quantitative estimate of drug-likeness (QED) is 0.125. The lowest BCUT2D eigenvalue weighted by atomic mass is 9.86. The number of hydrogen-bond donors (Lipinski definition) is 3. The number of benzene rings is 2. The van der Waals surface area contributed by atoms with E-state index in [1.807, 2.05) is 0 Å². The Bertz CT molecular complexity index is 2120. The van der Waals surface area contributed by atoms with Gasteiger partial charge in [-0.05, 0) is 46.9 Å². The summed E-state index contributed by atoms with van der Waals surface area (Å²) in [5.41, 5.74) is 1.59. The number of alkyl halides is 6. The zero-order valence-electron chi connectivity index (χ0n) is 27.6. The number of nitrogens with zero attached hydrogens (tertiary/aromatic N) is 7. The van der Waals surface area contributed by atoms with Gasteiger partial charge in [-0.2, -0.15) is 8.78 Å². The maximum Gasteiger partial charge on any atom is 0.332 e. The third-order valence-corrected chi connectivity index (χ3v) is 8.58. The van der Waals surface area contributed by atoms with E-state index < -0.39 is 102 Å². The Morgan fingerprint density at radius 1 is 1.02 bits per heavy atom. The van der Waals surface area contributed by atoms with Gasteiger partial charge in [0.2, 0.25) is 12.0 Å². The zero-order chi connectivity index (χ0) is 38.9. The topological polar surface area (TPSA) is 156 Å². The third kappa shape index (κ3) is 8.03. The van der Waals surface area contributed by atoms with E-state index in [0.29, 0.717) is 6.07 Å². The van der Waals surface area contributed by atoms with Gasteiger partial charge in [-0.3, -0.25) is 14.3 Å². The van der Waals surface area contributed by atoms with Gasteiger partial charge in [0.05, 0.1) is 30.0 Å². The van der Waals surface area contributed by atoms with Crippen molar-refractivity contribution in [2.24, 2.45) is 10.8 Å². The Balaban J connectivity index is 1.42. The second-order valence-electron chi connectivity index (χ2n) is 12.4. The smallest absolute Gasteiger partial charge is 0.332 e. The molecular weight excluding hydrogens is 739 g/mol. The van der Waals surface area contributed by atoms with Gasteiger partial charge in [-0.1, -0.05) is 16.0 Å². The number of anilines is 1. The van der Waals surface area contributed by atoms with Crippen LogP contribution in [-0.2, 0) is 17.8 Å². The minimum Gasteiger partial charge on any atom is -0.366 e. The molecule has 4 N–H and O–H groups in total. The number of nitrogens with two attached hydrogens (primary N) is 1. The number of aromatic nitrogens is 5. The van der Waals surface area contributed by atoms with E-state index in [0.717, 1.165) is 24.3 Å². The highest BCUT2D eigenvalue weighted by Crippen LogP contribution is 2.51. The second kappa shape index (κ2) is 14.9. The first-order valence-electron chi connectivity index (χ1n) is 16.1. The summed E-state index contributed by atoms with van der Waals surface area (Å²) in [5, 5.41) is 16.3. The van der Waals surface area contributed by atoms with Crippen LogP contribution in [-0.4, -0.2) is 78.9 Å². The molecule has 0 saturated carbocycles. The van der Waals surface area contributed by atoms with Crippen LogP contribution in [0.2, 0.25) is 0 Å². The summed E-state index contributed by atoms with van der Waals surface area (Å²) in [4.78, 5) is 34.4. The number of carbonyl (C=O) groups is 2. The molecule has 54 heavy (non-hydrogen) atoms. The van der Waals surface area contributed by atoms with Crippen molar-refractivity contribution in [3.63, 3.8) is 0 Å². The Kier molecular flexibility index (Phi) is 10.4. The van der Waals surface area contributed by atoms with Crippen molar-refractivity contribution in [2.75, 3.05) is 18.4 Å². The maximum absolute atomic E-state index is 15.1. The molecule has 0 saturated heterocycles. The molecular formula is C33H28F9N10O2+. The number of allylic oxidation sites excluding steroid dienone is 1. The van der Waals surface area contributed by atoms with Crippen LogP contribution >= 0.6 is 0 Å². The highest BCUT2D eigenvalue weighted by atomic mass is 19.3. The van der Waals surface area contributed by atoms with Gasteiger partial charge in [0, 0.05) is 43.4 Å². The van der Waals surface area contributed by atoms with Crippen molar-refractivity contribution < 1.29 is 53.8 Å². The molecule has 0 bridgehead atoms. The zero-order valence-corrected chi connectivity index (χ0v) is 27.6. The van der Waals surface area contributed by atoms with E-state index in [2.05, 4.69) is 36.0 Å². The summed E-state index contributed by atoms with van der Waals surface area (Å²) >= 11 is 0. The summed E-state index contributed by atoms with van der Waals surface area (Å²) < 4.78 is 132. The first-order valence-corrected chi connectivity index (χ1v) is 16.1. The number of azo groups is 2. The standard InChI is InChI=1S/C33H27F9N10O2/c34-18-9-16(10-19(35)13-18)11-23(47-24(53)15-52-28-25(27(49-52)29(37)38)32(39,40)3-4-33(28,41)42)26-21(17-1-2-22(36)20(12-17)30(43)54)14-45-31(48-26)44-5-7-51-8-6-46-50-51/h1-2,6,8-10,12-14,23,27,29H,3-5,7,11,15H2,(H3-,43,44,45,47,48,53,54)/p+1/t23-,27?/m0/s1. The summed E-state index contributed by atoms with van der Waals surface area (Å²) in [6.45, 7) is -0.828. The summed E-state index contributed by atoms with van der Waals surface area (Å²) in [7, 11) is 0. The second-order valence-corrected chi connectivity index (χ2v) is 12.4. The molecule has 6 rings (SSSR count). The molecule has 1 unspecified atom stereocenters. The number of carbonyl (C=O) groups excluding carboxylic acids is 2. The van der Waals surface area contributed by atoms with Gasteiger partial charge >= 0.3 is 5.92 Å². The molecule has 12 nitrogen and oxygen atoms in total. The van der Waals surface area contributed by atoms with Crippen LogP contribution in [0.15, 0.2) is 71.4 Å². The van der Waals surface area contributed by atoms with Crippen molar-refractivity contribution in [1.29, 1.82) is 0 Å². The van der Waals surface area contributed by atoms with Crippen LogP contribution in [0.1, 0.15) is 40.5 Å². The van der Waals surface area contributed by atoms with E-state index in [1.54, 1.807) is 6.20 Å². The molecule has 0 spiro atoms. The average Bonchev–Trinajstić information content (AvgIpc) is 3.76. The molecule has 2 amide bonds. The van der Waals surface area contributed by atoms with E-state index in [-0.39, 0.29) is 46.1 Å². The molecule has 0 radical (unpaired) electrons. The largest absolute Gasteiger partial charge is 0.366 e. The normalized spacial score (nSPS) is 18.0. The summed E-state index contributed by atoms with van der Waals surface area (Å²) in [6.07, 6.45) is -2.67. The molecule has 4 aromatic rings. The Hall–Kier alpha value is -5.89. The molecule has 21 heteroatoms. The fourth-order valence-electron chi connectivity index (χ4n) is 6.22. The van der Waals surface area contributed by atoms with Gasteiger partial charge < -0.3 is 16.4 Å². The van der Waals surface area contributed by atoms with Crippen LogP contribution in [0.4, 0.5) is 45.5 Å². The number of halogens is 9. The van der Waals surface area contributed by atoms with Crippen LogP contribution in [0.3, 0.4) is 0 Å². The van der Waals surface area contributed by atoms with E-state index >= 15 is 8.78 Å². The van der Waals surface area contributed by atoms with Crippen molar-refractivity contribution in [2.45, 2.75) is 56.2 Å². The molecule has 3 heterocycles. The fourth-order valence-corrected chi connectivity index (χ4v) is 6.22. The predicted molar refractivity (Wildman–Crippen MR) is 169 cm³/mol. The van der Waals surface area contributed by atoms with Crippen molar-refractivity contribution >= 4 is 17.8 Å². The van der Waals surface area contributed by atoms with E-state index in [1.165, 1.54) is 23.1 Å². The summed E-state index contributed by atoms with van der Waals surface area (Å²) in [6, 6.07) is 1.50. The first kappa shape index (κ1) is 37.9. The molecule has 0 fully saturated rings. The molecule has 2 atom stereocenters. The average molecular weight is 768 g/mol. The Morgan fingerprint density at radius 3 is 2.41 bits per heavy atom. The van der Waals surface area contributed by atoms with E-state index in [9.17, 15) is 40.3 Å². The van der Waals surface area contributed by atoms with E-state index in [4.69, 9.17) is 5.73 Å². The molecule has 1 aliphatic heterocycles. The molecule has 1 aliphatic carbocycles. The number of primary amides is 1. The highest BCUT2D eigenvalue weighted by molar-refractivity contribution is 5.94. The summed E-state index contributed by atoms with van der Waals surface area (Å²) in [5.74, 6) is -13.6. The lowest BCUT2D eigenvalue weighted by molar-refractivity contribution is -0.549. The first-order chi connectivity index (χ1) is 25.5.